The van der Waals surface area contributed by atoms with E-state index in [4.69, 9.17) is 0 Å². The van der Waals surface area contributed by atoms with E-state index in [1.807, 2.05) is 12.4 Å². The molecule has 0 aliphatic carbocycles. The first-order chi connectivity index (χ1) is 21.2. The lowest BCUT2D eigenvalue weighted by Crippen LogP contribution is -2.03. The summed E-state index contributed by atoms with van der Waals surface area (Å²) in [5, 5.41) is 7.62. The molecule has 1 aliphatic heterocycles. The first-order valence-corrected chi connectivity index (χ1v) is 15.1. The fourth-order valence-corrected chi connectivity index (χ4v) is 6.76. The van der Waals surface area contributed by atoms with Crippen LogP contribution in [0.4, 0.5) is 0 Å². The van der Waals surface area contributed by atoms with Crippen LogP contribution >= 0.6 is 0 Å². The Morgan fingerprint density at radius 1 is 0.465 bits per heavy atom. The fourth-order valence-electron chi connectivity index (χ4n) is 6.76. The van der Waals surface area contributed by atoms with E-state index in [-0.39, 0.29) is 0 Å². The summed E-state index contributed by atoms with van der Waals surface area (Å²) in [6.07, 6.45) is 5.02. The maximum Gasteiger partial charge on any atom is 0.0304 e. The van der Waals surface area contributed by atoms with Gasteiger partial charge in [0, 0.05) is 12.4 Å². The third-order valence-corrected chi connectivity index (χ3v) is 8.98. The summed E-state index contributed by atoms with van der Waals surface area (Å²) in [7, 11) is 0. The number of aliphatic imine (C=N–C) groups is 1. The molecule has 7 aromatic rings. The van der Waals surface area contributed by atoms with Crippen molar-refractivity contribution in [3.63, 3.8) is 0 Å². The summed E-state index contributed by atoms with van der Waals surface area (Å²) in [5.74, 6) is 0.497. The highest BCUT2D eigenvalue weighted by Crippen LogP contribution is 2.44. The lowest BCUT2D eigenvalue weighted by atomic mass is 9.85. The molecule has 0 amide bonds. The summed E-state index contributed by atoms with van der Waals surface area (Å²) < 4.78 is 0. The Morgan fingerprint density at radius 2 is 0.977 bits per heavy atom. The Morgan fingerprint density at radius 3 is 1.60 bits per heavy atom. The van der Waals surface area contributed by atoms with Crippen LogP contribution in [-0.2, 0) is 0 Å². The normalized spacial score (nSPS) is 14.8. The van der Waals surface area contributed by atoms with Crippen molar-refractivity contribution >= 4 is 44.1 Å². The molecule has 204 valence electrons. The highest BCUT2D eigenvalue weighted by atomic mass is 14.7. The molecule has 1 aliphatic rings. The second-order valence-corrected chi connectivity index (χ2v) is 11.6. The van der Waals surface area contributed by atoms with Crippen LogP contribution in [0.15, 0.2) is 151 Å². The van der Waals surface area contributed by atoms with Gasteiger partial charge in [-0.15, -0.1) is 0 Å². The van der Waals surface area contributed by atoms with Gasteiger partial charge in [0.25, 0.3) is 0 Å². The van der Waals surface area contributed by atoms with Crippen molar-refractivity contribution in [2.45, 2.75) is 13.3 Å². The largest absolute Gasteiger partial charge is 0.269 e. The van der Waals surface area contributed by atoms with Crippen molar-refractivity contribution in [1.82, 2.24) is 0 Å². The van der Waals surface area contributed by atoms with E-state index in [9.17, 15) is 0 Å². The van der Waals surface area contributed by atoms with Crippen LogP contribution in [0.5, 0.6) is 0 Å². The van der Waals surface area contributed by atoms with E-state index in [0.717, 1.165) is 6.42 Å². The molecule has 1 nitrogen and oxygen atoms in total. The molecule has 0 radical (unpaired) electrons. The lowest BCUT2D eigenvalue weighted by molar-refractivity contribution is 0.788. The molecule has 1 heteroatoms. The van der Waals surface area contributed by atoms with E-state index in [1.54, 1.807) is 0 Å². The molecule has 0 fully saturated rings. The second-order valence-electron chi connectivity index (χ2n) is 11.6. The number of fused-ring (bicyclic) bond motifs is 3. The molecule has 8 rings (SSSR count). The van der Waals surface area contributed by atoms with Gasteiger partial charge < -0.3 is 0 Å². The van der Waals surface area contributed by atoms with Crippen LogP contribution in [0.3, 0.4) is 0 Å². The minimum Gasteiger partial charge on any atom is -0.269 e. The van der Waals surface area contributed by atoms with Crippen molar-refractivity contribution in [1.29, 1.82) is 0 Å². The maximum atomic E-state index is 4.40. The van der Waals surface area contributed by atoms with Crippen LogP contribution in [0.2, 0.25) is 0 Å². The number of allylic oxidation sites excluding steroid dienone is 1. The first-order valence-electron chi connectivity index (χ1n) is 15.1. The van der Waals surface area contributed by atoms with E-state index >= 15 is 0 Å². The van der Waals surface area contributed by atoms with Crippen LogP contribution in [0.25, 0.3) is 71.3 Å². The predicted octanol–water partition coefficient (Wildman–Crippen LogP) is 11.6. The van der Waals surface area contributed by atoms with Crippen molar-refractivity contribution in [3.8, 4) is 33.4 Å². The Hall–Kier alpha value is -5.27. The third kappa shape index (κ3) is 4.45. The zero-order chi connectivity index (χ0) is 28.8. The number of nitrogens with zero attached hydrogens (tertiary/aromatic N) is 1. The van der Waals surface area contributed by atoms with Crippen molar-refractivity contribution in [2.24, 2.45) is 10.9 Å². The minimum absolute atomic E-state index is 0.497. The maximum absolute atomic E-state index is 4.40. The van der Waals surface area contributed by atoms with Gasteiger partial charge in [0.2, 0.25) is 0 Å². The zero-order valence-electron chi connectivity index (χ0n) is 24.2. The van der Waals surface area contributed by atoms with Gasteiger partial charge in [0.15, 0.2) is 0 Å². The molecular formula is C42H31N. The van der Waals surface area contributed by atoms with Gasteiger partial charge in [0.05, 0.1) is 0 Å². The van der Waals surface area contributed by atoms with Gasteiger partial charge >= 0.3 is 0 Å². The molecule has 7 aromatic carbocycles. The Balaban J connectivity index is 1.27. The monoisotopic (exact) mass is 549 g/mol. The molecule has 0 saturated heterocycles. The molecule has 1 heterocycles. The van der Waals surface area contributed by atoms with Crippen molar-refractivity contribution in [2.75, 3.05) is 0 Å². The van der Waals surface area contributed by atoms with E-state index in [1.165, 1.54) is 76.8 Å². The fraction of sp³-hybridized carbons (Fsp3) is 0.0714. The number of hydrogen-bond donors (Lipinski definition) is 0. The van der Waals surface area contributed by atoms with Gasteiger partial charge in [-0.3, -0.25) is 4.99 Å². The summed E-state index contributed by atoms with van der Waals surface area (Å²) in [4.78, 5) is 4.40. The van der Waals surface area contributed by atoms with Crippen LogP contribution < -0.4 is 0 Å². The van der Waals surface area contributed by atoms with E-state index < -0.39 is 0 Å². The minimum atomic E-state index is 0.497. The highest BCUT2D eigenvalue weighted by Gasteiger charge is 2.17. The van der Waals surface area contributed by atoms with Crippen LogP contribution in [0, 0.1) is 5.92 Å². The predicted molar refractivity (Wildman–Crippen MR) is 186 cm³/mol. The van der Waals surface area contributed by atoms with Gasteiger partial charge in [-0.05, 0) is 101 Å². The Kier molecular flexibility index (Phi) is 6.23. The van der Waals surface area contributed by atoms with Crippen molar-refractivity contribution in [3.05, 3.63) is 151 Å². The molecule has 1 unspecified atom stereocenters. The summed E-state index contributed by atoms with van der Waals surface area (Å²) in [6, 6.07) is 51.2. The number of rotatable bonds is 4. The van der Waals surface area contributed by atoms with Gasteiger partial charge in [0.1, 0.15) is 0 Å². The lowest BCUT2D eigenvalue weighted by Gasteiger charge is -2.18. The molecule has 0 N–H and O–H groups in total. The van der Waals surface area contributed by atoms with Crippen molar-refractivity contribution < 1.29 is 0 Å². The summed E-state index contributed by atoms with van der Waals surface area (Å²) in [6.45, 7) is 2.27. The van der Waals surface area contributed by atoms with Gasteiger partial charge in [-0.1, -0.05) is 134 Å². The standard InChI is InChI=1S/C42H31N/c1-28-23-24-43-27-40(28)31-19-15-29(16-20-31)33-21-17-30-18-22-34(26-35(30)25-33)42-38-13-7-5-11-36(38)41(32-9-3-2-4-10-32)37-12-6-8-14-39(37)42/h2-22,24-28H,23H2,1H3. The smallest absolute Gasteiger partial charge is 0.0304 e. The zero-order valence-corrected chi connectivity index (χ0v) is 24.2. The van der Waals surface area contributed by atoms with Crippen LogP contribution in [-0.4, -0.2) is 6.21 Å². The SMILES string of the molecule is CC1CC=NC=C1c1ccc(-c2ccc3ccc(-c4c5ccccc5c(-c5ccccc5)c5ccccc45)cc3c2)cc1. The quantitative estimate of drug-likeness (QED) is 0.194. The Labute approximate surface area is 252 Å². The molecule has 1 atom stereocenters. The molecule has 43 heavy (non-hydrogen) atoms. The highest BCUT2D eigenvalue weighted by molar-refractivity contribution is 6.21. The number of hydrogen-bond acceptors (Lipinski definition) is 1. The van der Waals surface area contributed by atoms with Gasteiger partial charge in [-0.2, -0.15) is 0 Å². The second kappa shape index (κ2) is 10.5. The van der Waals surface area contributed by atoms with Crippen LogP contribution in [0.1, 0.15) is 18.9 Å². The third-order valence-electron chi connectivity index (χ3n) is 8.98. The molecule has 0 saturated carbocycles. The Bertz CT molecular complexity index is 2140. The molecule has 0 aromatic heterocycles. The first kappa shape index (κ1) is 25.4. The topological polar surface area (TPSA) is 12.4 Å². The molecular weight excluding hydrogens is 518 g/mol. The molecule has 0 spiro atoms. The molecule has 0 bridgehead atoms. The summed E-state index contributed by atoms with van der Waals surface area (Å²) in [5.41, 5.74) is 10.1. The summed E-state index contributed by atoms with van der Waals surface area (Å²) >= 11 is 0. The average Bonchev–Trinajstić information content (AvgIpc) is 3.07. The number of benzene rings is 7. The van der Waals surface area contributed by atoms with E-state index in [2.05, 4.69) is 151 Å². The van der Waals surface area contributed by atoms with Gasteiger partial charge in [-0.25, -0.2) is 0 Å². The van der Waals surface area contributed by atoms with E-state index in [0.29, 0.717) is 5.92 Å². The average molecular weight is 550 g/mol.